The van der Waals surface area contributed by atoms with Crippen LogP contribution in [0.3, 0.4) is 0 Å². The number of phosphoric ester groups is 1. The Hall–Kier alpha value is -0.470. The molecule has 0 unspecified atom stereocenters. The fraction of sp³-hybridized carbons (Fsp3) is 0.571. The van der Waals surface area contributed by atoms with Crippen LogP contribution in [0, 0.1) is 0 Å². The number of phosphoric acid groups is 1. The first kappa shape index (κ1) is 25.8. The van der Waals surface area contributed by atoms with Crippen LogP contribution in [0.1, 0.15) is 26.7 Å². The van der Waals surface area contributed by atoms with Crippen molar-refractivity contribution in [3.8, 4) is 0 Å². The first-order valence-electron chi connectivity index (χ1n) is 6.91. The summed E-state index contributed by atoms with van der Waals surface area (Å²) in [5.74, 6) is -1.09. The molecule has 8 nitrogen and oxygen atoms in total. The van der Waals surface area contributed by atoms with Gasteiger partial charge in [0.25, 0.3) is 7.82 Å². The molecule has 24 heavy (non-hydrogen) atoms. The van der Waals surface area contributed by atoms with E-state index in [4.69, 9.17) is 9.47 Å². The van der Waals surface area contributed by atoms with Crippen molar-refractivity contribution in [2.45, 2.75) is 26.7 Å². The standard InChI is InChI=1S/C14H23O8P.Na/c1-11(2)13(15)19-7-5-9-21-23(17,18)22-10-6-8-20-14(16)12(3)4;/h1,3,5-10H2,2,4H3,(H,17,18);/q;+1/p-1. The molecule has 10 heteroatoms. The molecule has 0 fully saturated rings. The Bertz CT molecular complexity index is 451. The summed E-state index contributed by atoms with van der Waals surface area (Å²) in [6.07, 6.45) is 0.398. The molecule has 0 atom stereocenters. The first-order valence-corrected chi connectivity index (χ1v) is 8.37. The van der Waals surface area contributed by atoms with Gasteiger partial charge in [-0.1, -0.05) is 13.2 Å². The molecular formula is C14H22NaO8P. The van der Waals surface area contributed by atoms with Gasteiger partial charge in [-0.2, -0.15) is 0 Å². The van der Waals surface area contributed by atoms with Gasteiger partial charge in [-0.25, -0.2) is 9.59 Å². The number of rotatable bonds is 12. The van der Waals surface area contributed by atoms with E-state index >= 15 is 0 Å². The maximum atomic E-state index is 11.4. The summed E-state index contributed by atoms with van der Waals surface area (Å²) < 4.78 is 30.1. The Morgan fingerprint density at radius 3 is 1.50 bits per heavy atom. The van der Waals surface area contributed by atoms with Gasteiger partial charge in [0.15, 0.2) is 0 Å². The van der Waals surface area contributed by atoms with Crippen LogP contribution >= 0.6 is 7.82 Å². The molecule has 0 saturated carbocycles. The molecule has 0 amide bonds. The van der Waals surface area contributed by atoms with Crippen LogP contribution in [0.5, 0.6) is 0 Å². The Labute approximate surface area is 164 Å². The van der Waals surface area contributed by atoms with Gasteiger partial charge in [0.2, 0.25) is 0 Å². The van der Waals surface area contributed by atoms with E-state index in [9.17, 15) is 19.0 Å². The molecule has 0 rings (SSSR count). The minimum absolute atomic E-state index is 0. The van der Waals surface area contributed by atoms with Crippen molar-refractivity contribution in [2.75, 3.05) is 26.4 Å². The van der Waals surface area contributed by atoms with Crippen LogP contribution in [0.2, 0.25) is 0 Å². The third kappa shape index (κ3) is 13.9. The van der Waals surface area contributed by atoms with Gasteiger partial charge < -0.3 is 23.4 Å². The predicted octanol–water partition coefficient (Wildman–Crippen LogP) is -1.49. The Morgan fingerprint density at radius 1 is 0.875 bits per heavy atom. The molecular weight excluding hydrogens is 350 g/mol. The number of hydrogen-bond acceptors (Lipinski definition) is 8. The van der Waals surface area contributed by atoms with E-state index in [1.54, 1.807) is 0 Å². The summed E-state index contributed by atoms with van der Waals surface area (Å²) in [6.45, 7) is 9.51. The third-order valence-electron chi connectivity index (χ3n) is 2.24. The van der Waals surface area contributed by atoms with Crippen LogP contribution in [0.15, 0.2) is 24.3 Å². The number of ether oxygens (including phenoxy) is 2. The van der Waals surface area contributed by atoms with Crippen molar-refractivity contribution < 1.29 is 67.1 Å². The molecule has 0 aromatic carbocycles. The smallest absolute Gasteiger partial charge is 0.756 e. The Balaban J connectivity index is 0. The van der Waals surface area contributed by atoms with Crippen LogP contribution in [0.25, 0.3) is 0 Å². The molecule has 0 heterocycles. The third-order valence-corrected chi connectivity index (χ3v) is 3.24. The zero-order chi connectivity index (χ0) is 17.9. The minimum atomic E-state index is -4.42. The molecule has 0 saturated heterocycles. The van der Waals surface area contributed by atoms with Gasteiger partial charge in [0.1, 0.15) is 0 Å². The Kier molecular flexibility index (Phi) is 14.8. The number of carbonyl (C=O) groups excluding carboxylic acids is 2. The fourth-order valence-corrected chi connectivity index (χ4v) is 1.86. The van der Waals surface area contributed by atoms with Crippen molar-refractivity contribution in [3.05, 3.63) is 24.3 Å². The zero-order valence-corrected chi connectivity index (χ0v) is 17.3. The number of esters is 2. The van der Waals surface area contributed by atoms with E-state index in [1.807, 2.05) is 0 Å². The van der Waals surface area contributed by atoms with Crippen LogP contribution in [-0.2, 0) is 32.7 Å². The second-order valence-electron chi connectivity index (χ2n) is 4.65. The van der Waals surface area contributed by atoms with Gasteiger partial charge in [-0.15, -0.1) is 0 Å². The average Bonchev–Trinajstić information content (AvgIpc) is 2.45. The number of carbonyl (C=O) groups is 2. The van der Waals surface area contributed by atoms with Crippen molar-refractivity contribution >= 4 is 19.8 Å². The fourth-order valence-electron chi connectivity index (χ4n) is 1.08. The van der Waals surface area contributed by atoms with Gasteiger partial charge in [0, 0.05) is 24.0 Å². The van der Waals surface area contributed by atoms with E-state index in [0.717, 1.165) is 0 Å². The zero-order valence-electron chi connectivity index (χ0n) is 14.4. The predicted molar refractivity (Wildman–Crippen MR) is 80.3 cm³/mol. The average molecular weight is 372 g/mol. The largest absolute Gasteiger partial charge is 1.00 e. The maximum absolute atomic E-state index is 11.4. The van der Waals surface area contributed by atoms with Crippen molar-refractivity contribution in [3.63, 3.8) is 0 Å². The van der Waals surface area contributed by atoms with E-state index < -0.39 is 19.8 Å². The van der Waals surface area contributed by atoms with Crippen LogP contribution in [-0.4, -0.2) is 38.4 Å². The topological polar surface area (TPSA) is 111 Å². The molecule has 0 N–H and O–H groups in total. The normalized spacial score (nSPS) is 10.5. The molecule has 0 bridgehead atoms. The van der Waals surface area contributed by atoms with E-state index in [-0.39, 0.29) is 80.0 Å². The summed E-state index contributed by atoms with van der Waals surface area (Å²) >= 11 is 0. The molecule has 0 aliphatic rings. The summed E-state index contributed by atoms with van der Waals surface area (Å²) in [6, 6.07) is 0. The summed E-state index contributed by atoms with van der Waals surface area (Å²) in [7, 11) is -4.42. The molecule has 132 valence electrons. The van der Waals surface area contributed by atoms with E-state index in [1.165, 1.54) is 13.8 Å². The maximum Gasteiger partial charge on any atom is 1.00 e. The van der Waals surface area contributed by atoms with Gasteiger partial charge >= 0.3 is 41.5 Å². The van der Waals surface area contributed by atoms with Gasteiger partial charge in [-0.05, 0) is 13.8 Å². The number of hydrogen-bond donors (Lipinski definition) is 0. The van der Waals surface area contributed by atoms with Gasteiger partial charge in [-0.3, -0.25) is 4.57 Å². The van der Waals surface area contributed by atoms with E-state index in [2.05, 4.69) is 22.2 Å². The Morgan fingerprint density at radius 2 is 1.21 bits per heavy atom. The molecule has 0 radical (unpaired) electrons. The summed E-state index contributed by atoms with van der Waals surface area (Å²) in [5.41, 5.74) is 0.521. The van der Waals surface area contributed by atoms with Crippen molar-refractivity contribution in [2.24, 2.45) is 0 Å². The molecule has 0 spiro atoms. The van der Waals surface area contributed by atoms with Crippen LogP contribution in [0.4, 0.5) is 0 Å². The summed E-state index contributed by atoms with van der Waals surface area (Å²) in [4.78, 5) is 33.5. The quantitative estimate of drug-likeness (QED) is 0.134. The monoisotopic (exact) mass is 372 g/mol. The molecule has 0 aliphatic heterocycles. The second kappa shape index (κ2) is 13.8. The van der Waals surface area contributed by atoms with Gasteiger partial charge in [0.05, 0.1) is 26.4 Å². The first-order chi connectivity index (χ1) is 10.7. The molecule has 0 aliphatic carbocycles. The molecule has 0 aromatic rings. The summed E-state index contributed by atoms with van der Waals surface area (Å²) in [5, 5.41) is 0. The minimum Gasteiger partial charge on any atom is -0.756 e. The molecule has 0 aromatic heterocycles. The van der Waals surface area contributed by atoms with Crippen LogP contribution < -0.4 is 34.5 Å². The SMILES string of the molecule is C=C(C)C(=O)OCCCOP(=O)([O-])OCCCOC(=O)C(=C)C.[Na+]. The van der Waals surface area contributed by atoms with E-state index in [0.29, 0.717) is 0 Å². The van der Waals surface area contributed by atoms with Crippen molar-refractivity contribution in [1.82, 2.24) is 0 Å². The van der Waals surface area contributed by atoms with Crippen molar-refractivity contribution in [1.29, 1.82) is 0 Å². The second-order valence-corrected chi connectivity index (χ2v) is 6.06.